The monoisotopic (exact) mass is 327 g/mol. The number of benzene rings is 2. The zero-order chi connectivity index (χ0) is 17.2. The Labute approximate surface area is 146 Å². The predicted octanol–water partition coefficient (Wildman–Crippen LogP) is 5.65. The molecule has 1 unspecified atom stereocenters. The van der Waals surface area contributed by atoms with Gasteiger partial charge in [-0.15, -0.1) is 0 Å². The molecule has 0 fully saturated rings. The lowest BCUT2D eigenvalue weighted by molar-refractivity contribution is 0.217. The molecule has 24 heavy (non-hydrogen) atoms. The van der Waals surface area contributed by atoms with Gasteiger partial charge >= 0.3 is 0 Å². The summed E-state index contributed by atoms with van der Waals surface area (Å²) in [6.45, 7) is 7.89. The lowest BCUT2D eigenvalue weighted by Crippen LogP contribution is -2.10. The van der Waals surface area contributed by atoms with Crippen LogP contribution in [-0.2, 0) is 6.54 Å². The van der Waals surface area contributed by atoms with E-state index in [1.54, 1.807) is 0 Å². The van der Waals surface area contributed by atoms with Crippen LogP contribution in [0.2, 0.25) is 0 Å². The van der Waals surface area contributed by atoms with Gasteiger partial charge in [-0.05, 0) is 38.0 Å². The van der Waals surface area contributed by atoms with E-state index in [1.165, 1.54) is 5.56 Å². The van der Waals surface area contributed by atoms with Gasteiger partial charge in [-0.25, -0.2) is 0 Å². The third-order valence-corrected chi connectivity index (χ3v) is 3.96. The first-order valence-corrected chi connectivity index (χ1v) is 8.94. The lowest BCUT2D eigenvalue weighted by Gasteiger charge is -2.15. The summed E-state index contributed by atoms with van der Waals surface area (Å²) in [5, 5.41) is 3.46. The van der Waals surface area contributed by atoms with E-state index >= 15 is 0 Å². The van der Waals surface area contributed by atoms with Crippen molar-refractivity contribution in [3.8, 4) is 11.5 Å². The van der Waals surface area contributed by atoms with E-state index in [-0.39, 0.29) is 6.10 Å². The molecule has 0 aliphatic carbocycles. The van der Waals surface area contributed by atoms with E-state index in [0.29, 0.717) is 0 Å². The molecular weight excluding hydrogens is 298 g/mol. The Hall–Kier alpha value is -2.16. The third kappa shape index (κ3) is 5.80. The molecule has 0 saturated heterocycles. The van der Waals surface area contributed by atoms with Crippen molar-refractivity contribution in [2.24, 2.45) is 0 Å². The van der Waals surface area contributed by atoms with Gasteiger partial charge in [-0.3, -0.25) is 0 Å². The summed E-state index contributed by atoms with van der Waals surface area (Å²) < 4.78 is 11.8. The molecule has 2 rings (SSSR count). The highest BCUT2D eigenvalue weighted by Crippen LogP contribution is 2.22. The van der Waals surface area contributed by atoms with Crippen molar-refractivity contribution in [1.29, 1.82) is 0 Å². The Morgan fingerprint density at radius 2 is 1.88 bits per heavy atom. The molecule has 0 bridgehead atoms. The van der Waals surface area contributed by atoms with Gasteiger partial charge < -0.3 is 14.8 Å². The highest BCUT2D eigenvalue weighted by molar-refractivity contribution is 5.49. The van der Waals surface area contributed by atoms with Crippen LogP contribution in [-0.4, -0.2) is 12.7 Å². The van der Waals surface area contributed by atoms with Gasteiger partial charge in [-0.1, -0.05) is 44.5 Å². The van der Waals surface area contributed by atoms with E-state index in [0.717, 1.165) is 49.6 Å². The van der Waals surface area contributed by atoms with Crippen LogP contribution < -0.4 is 14.8 Å². The first-order valence-electron chi connectivity index (χ1n) is 8.94. The minimum atomic E-state index is 0.230. The average Bonchev–Trinajstić information content (AvgIpc) is 2.61. The fraction of sp³-hybridized carbons (Fsp3) is 0.429. The molecule has 0 heterocycles. The second-order valence-electron chi connectivity index (χ2n) is 6.03. The minimum absolute atomic E-state index is 0.230. The summed E-state index contributed by atoms with van der Waals surface area (Å²) in [7, 11) is 0. The smallest absolute Gasteiger partial charge is 0.124 e. The molecule has 0 amide bonds. The molecule has 1 atom stereocenters. The van der Waals surface area contributed by atoms with Crippen molar-refractivity contribution in [3.63, 3.8) is 0 Å². The van der Waals surface area contributed by atoms with Gasteiger partial charge in [-0.2, -0.15) is 0 Å². The topological polar surface area (TPSA) is 30.5 Å². The van der Waals surface area contributed by atoms with E-state index < -0.39 is 0 Å². The van der Waals surface area contributed by atoms with Crippen LogP contribution in [0.25, 0.3) is 0 Å². The Morgan fingerprint density at radius 3 is 2.67 bits per heavy atom. The summed E-state index contributed by atoms with van der Waals surface area (Å²) in [6, 6.07) is 16.3. The van der Waals surface area contributed by atoms with Crippen LogP contribution in [0.1, 0.15) is 45.6 Å². The number of para-hydroxylation sites is 1. The number of nitrogens with one attached hydrogen (secondary N) is 1. The summed E-state index contributed by atoms with van der Waals surface area (Å²) >= 11 is 0. The SMILES string of the molecule is CCCCOc1ccccc1CNc1cccc(OC(C)CC)c1. The summed E-state index contributed by atoms with van der Waals surface area (Å²) in [6.07, 6.45) is 3.45. The van der Waals surface area contributed by atoms with Gasteiger partial charge in [0.25, 0.3) is 0 Å². The quantitative estimate of drug-likeness (QED) is 0.572. The molecule has 0 aromatic heterocycles. The van der Waals surface area contributed by atoms with E-state index in [2.05, 4.69) is 38.2 Å². The number of hydrogen-bond donors (Lipinski definition) is 1. The fourth-order valence-electron chi connectivity index (χ4n) is 2.31. The maximum Gasteiger partial charge on any atom is 0.124 e. The molecular formula is C21H29NO2. The van der Waals surface area contributed by atoms with Crippen LogP contribution in [0.5, 0.6) is 11.5 Å². The molecule has 0 saturated carbocycles. The average molecular weight is 327 g/mol. The van der Waals surface area contributed by atoms with E-state index in [4.69, 9.17) is 9.47 Å². The molecule has 3 heteroatoms. The minimum Gasteiger partial charge on any atom is -0.493 e. The number of anilines is 1. The summed E-state index contributed by atoms with van der Waals surface area (Å²) in [4.78, 5) is 0. The largest absolute Gasteiger partial charge is 0.493 e. The molecule has 3 nitrogen and oxygen atoms in total. The van der Waals surface area contributed by atoms with Crippen molar-refractivity contribution in [3.05, 3.63) is 54.1 Å². The standard InChI is InChI=1S/C21H29NO2/c1-4-6-14-23-21-13-8-7-10-18(21)16-22-19-11-9-12-20(15-19)24-17(3)5-2/h7-13,15,17,22H,4-6,14,16H2,1-3H3. The number of unbranched alkanes of at least 4 members (excludes halogenated alkanes) is 1. The van der Waals surface area contributed by atoms with Gasteiger partial charge in [0.15, 0.2) is 0 Å². The molecule has 0 spiro atoms. The first-order chi connectivity index (χ1) is 11.7. The van der Waals surface area contributed by atoms with Gasteiger partial charge in [0.05, 0.1) is 12.7 Å². The Kier molecular flexibility index (Phi) is 7.47. The molecule has 2 aromatic rings. The van der Waals surface area contributed by atoms with Crippen molar-refractivity contribution in [2.75, 3.05) is 11.9 Å². The van der Waals surface area contributed by atoms with Crippen LogP contribution in [0.4, 0.5) is 5.69 Å². The van der Waals surface area contributed by atoms with Crippen LogP contribution in [0.15, 0.2) is 48.5 Å². The van der Waals surface area contributed by atoms with Crippen molar-refractivity contribution in [1.82, 2.24) is 0 Å². The maximum absolute atomic E-state index is 5.89. The van der Waals surface area contributed by atoms with Gasteiger partial charge in [0.2, 0.25) is 0 Å². The summed E-state index contributed by atoms with van der Waals surface area (Å²) in [5.74, 6) is 1.87. The zero-order valence-corrected chi connectivity index (χ0v) is 15.0. The second-order valence-corrected chi connectivity index (χ2v) is 6.03. The van der Waals surface area contributed by atoms with Gasteiger partial charge in [0.1, 0.15) is 11.5 Å². The van der Waals surface area contributed by atoms with E-state index in [9.17, 15) is 0 Å². The van der Waals surface area contributed by atoms with Crippen molar-refractivity contribution in [2.45, 2.75) is 52.7 Å². The third-order valence-electron chi connectivity index (χ3n) is 3.96. The Bertz CT molecular complexity index is 612. The number of hydrogen-bond acceptors (Lipinski definition) is 3. The highest BCUT2D eigenvalue weighted by atomic mass is 16.5. The van der Waals surface area contributed by atoms with E-state index in [1.807, 2.05) is 36.4 Å². The summed E-state index contributed by atoms with van der Waals surface area (Å²) in [5.41, 5.74) is 2.22. The Balaban J connectivity index is 1.97. The van der Waals surface area contributed by atoms with Crippen LogP contribution >= 0.6 is 0 Å². The second kappa shape index (κ2) is 9.86. The molecule has 2 aromatic carbocycles. The van der Waals surface area contributed by atoms with Crippen molar-refractivity contribution >= 4 is 5.69 Å². The first kappa shape index (κ1) is 18.2. The van der Waals surface area contributed by atoms with Crippen LogP contribution in [0, 0.1) is 0 Å². The number of rotatable bonds is 10. The molecule has 0 aliphatic heterocycles. The van der Waals surface area contributed by atoms with Gasteiger partial charge in [0, 0.05) is 23.9 Å². The Morgan fingerprint density at radius 1 is 1.04 bits per heavy atom. The number of ether oxygens (including phenoxy) is 2. The highest BCUT2D eigenvalue weighted by Gasteiger charge is 2.05. The van der Waals surface area contributed by atoms with Crippen molar-refractivity contribution < 1.29 is 9.47 Å². The molecule has 130 valence electrons. The zero-order valence-electron chi connectivity index (χ0n) is 15.0. The predicted molar refractivity (Wildman–Crippen MR) is 101 cm³/mol. The lowest BCUT2D eigenvalue weighted by atomic mass is 10.2. The maximum atomic E-state index is 5.89. The normalized spacial score (nSPS) is 11.8. The molecule has 0 aliphatic rings. The fourth-order valence-corrected chi connectivity index (χ4v) is 2.31. The van der Waals surface area contributed by atoms with Crippen LogP contribution in [0.3, 0.4) is 0 Å². The molecule has 1 N–H and O–H groups in total. The molecule has 0 radical (unpaired) electrons.